The lowest BCUT2D eigenvalue weighted by molar-refractivity contribution is -0.131. The highest BCUT2D eigenvalue weighted by Crippen LogP contribution is 2.27. The number of para-hydroxylation sites is 1. The number of ether oxygens (including phenoxy) is 1. The zero-order chi connectivity index (χ0) is 16.3. The summed E-state index contributed by atoms with van der Waals surface area (Å²) in [6.45, 7) is -0.221. The van der Waals surface area contributed by atoms with Crippen LogP contribution in [0.25, 0.3) is 5.65 Å². The molecule has 0 aliphatic rings. The van der Waals surface area contributed by atoms with Crippen LogP contribution in [0.1, 0.15) is 6.42 Å². The number of rotatable bonds is 5. The lowest BCUT2D eigenvalue weighted by atomic mass is 10.3. The fraction of sp³-hybridized carbons (Fsp3) is 0.188. The van der Waals surface area contributed by atoms with E-state index in [9.17, 15) is 13.2 Å². The second-order valence-electron chi connectivity index (χ2n) is 4.95. The van der Waals surface area contributed by atoms with Gasteiger partial charge in [-0.15, -0.1) is 0 Å². The molecule has 0 saturated carbocycles. The molecule has 0 fully saturated rings. The summed E-state index contributed by atoms with van der Waals surface area (Å²) < 4.78 is 44.3. The van der Waals surface area contributed by atoms with Crippen LogP contribution in [0.3, 0.4) is 0 Å². The fourth-order valence-corrected chi connectivity index (χ4v) is 2.16. The largest absolute Gasteiger partial charge is 0.456 e. The van der Waals surface area contributed by atoms with E-state index in [4.69, 9.17) is 4.74 Å². The maximum absolute atomic E-state index is 12.3. The van der Waals surface area contributed by atoms with Crippen molar-refractivity contribution in [2.24, 2.45) is 0 Å². The molecule has 0 aliphatic heterocycles. The first kappa shape index (κ1) is 15.2. The number of halogens is 3. The Morgan fingerprint density at radius 3 is 2.65 bits per heavy atom. The normalized spacial score (nSPS) is 11.6. The lowest BCUT2D eigenvalue weighted by Gasteiger charge is -2.12. The van der Waals surface area contributed by atoms with Crippen LogP contribution in [0.5, 0.6) is 11.5 Å². The Balaban J connectivity index is 1.83. The number of nitrogens with zero attached hydrogens (tertiary/aromatic N) is 2. The number of alkyl halides is 3. The highest BCUT2D eigenvalue weighted by molar-refractivity contribution is 5.69. The minimum atomic E-state index is -4.20. The van der Waals surface area contributed by atoms with Crippen molar-refractivity contribution in [1.82, 2.24) is 9.38 Å². The number of fused-ring (bicyclic) bond motifs is 1. The Bertz CT molecular complexity index is 784. The molecule has 7 heteroatoms. The Kier molecular flexibility index (Phi) is 4.10. The van der Waals surface area contributed by atoms with Crippen molar-refractivity contribution in [3.05, 3.63) is 55.0 Å². The summed E-state index contributed by atoms with van der Waals surface area (Å²) in [5.74, 6) is 1.16. The van der Waals surface area contributed by atoms with E-state index in [2.05, 4.69) is 10.3 Å². The molecule has 2 heterocycles. The van der Waals surface area contributed by atoms with Gasteiger partial charge < -0.3 is 14.5 Å². The fourth-order valence-electron chi connectivity index (χ4n) is 2.16. The summed E-state index contributed by atoms with van der Waals surface area (Å²) in [7, 11) is 0. The maximum atomic E-state index is 12.3. The summed E-state index contributed by atoms with van der Waals surface area (Å²) in [5, 5.41) is 2.77. The van der Waals surface area contributed by atoms with Gasteiger partial charge >= 0.3 is 6.18 Å². The van der Waals surface area contributed by atoms with Gasteiger partial charge in [0.25, 0.3) is 0 Å². The average molecular weight is 321 g/mol. The van der Waals surface area contributed by atoms with Crippen molar-refractivity contribution in [2.45, 2.75) is 12.6 Å². The topological polar surface area (TPSA) is 38.6 Å². The first-order valence-electron chi connectivity index (χ1n) is 7.01. The Morgan fingerprint density at radius 1 is 1.13 bits per heavy atom. The second-order valence-corrected chi connectivity index (χ2v) is 4.95. The van der Waals surface area contributed by atoms with E-state index in [0.29, 0.717) is 22.8 Å². The van der Waals surface area contributed by atoms with Gasteiger partial charge in [-0.05, 0) is 12.1 Å². The van der Waals surface area contributed by atoms with Crippen molar-refractivity contribution in [3.63, 3.8) is 0 Å². The van der Waals surface area contributed by atoms with Crippen LogP contribution in [0.2, 0.25) is 0 Å². The van der Waals surface area contributed by atoms with E-state index < -0.39 is 12.6 Å². The smallest absolute Gasteiger partial charge is 0.390 e. The Labute approximate surface area is 130 Å². The van der Waals surface area contributed by atoms with Crippen LogP contribution in [-0.2, 0) is 0 Å². The molecular weight excluding hydrogens is 307 g/mol. The van der Waals surface area contributed by atoms with Crippen molar-refractivity contribution in [2.75, 3.05) is 11.9 Å². The molecule has 0 radical (unpaired) electrons. The number of imidazole rings is 1. The molecular formula is C16H14F3N3O. The maximum Gasteiger partial charge on any atom is 0.390 e. The molecule has 23 heavy (non-hydrogen) atoms. The molecule has 1 N–H and O–H groups in total. The molecule has 2 aromatic heterocycles. The molecule has 0 amide bonds. The molecule has 0 saturated heterocycles. The zero-order valence-electron chi connectivity index (χ0n) is 12.0. The van der Waals surface area contributed by atoms with Gasteiger partial charge in [0, 0.05) is 25.0 Å². The third-order valence-corrected chi connectivity index (χ3v) is 3.17. The first-order valence-corrected chi connectivity index (χ1v) is 7.01. The molecule has 0 aliphatic carbocycles. The Hall–Kier alpha value is -2.70. The van der Waals surface area contributed by atoms with Crippen molar-refractivity contribution in [1.29, 1.82) is 0 Å². The van der Waals surface area contributed by atoms with E-state index in [-0.39, 0.29) is 6.54 Å². The molecule has 0 atom stereocenters. The third kappa shape index (κ3) is 3.94. The summed E-state index contributed by atoms with van der Waals surface area (Å²) in [4.78, 5) is 4.15. The summed E-state index contributed by atoms with van der Waals surface area (Å²) >= 11 is 0. The molecule has 3 aromatic rings. The van der Waals surface area contributed by atoms with Crippen molar-refractivity contribution >= 4 is 11.3 Å². The minimum absolute atomic E-state index is 0.221. The quantitative estimate of drug-likeness (QED) is 0.752. The van der Waals surface area contributed by atoms with Gasteiger partial charge in [0.1, 0.15) is 11.5 Å². The van der Waals surface area contributed by atoms with Gasteiger partial charge in [0.2, 0.25) is 0 Å². The number of hydrogen-bond acceptors (Lipinski definition) is 3. The zero-order valence-corrected chi connectivity index (χ0v) is 12.0. The van der Waals surface area contributed by atoms with Crippen LogP contribution in [0.15, 0.2) is 55.0 Å². The summed E-state index contributed by atoms with van der Waals surface area (Å²) in [6.07, 6.45) is -0.0938. The number of hydrogen-bond donors (Lipinski definition) is 1. The first-order chi connectivity index (χ1) is 11.0. The number of pyridine rings is 1. The van der Waals surface area contributed by atoms with E-state index in [1.807, 2.05) is 18.2 Å². The van der Waals surface area contributed by atoms with E-state index in [0.717, 1.165) is 0 Å². The lowest BCUT2D eigenvalue weighted by Crippen LogP contribution is -2.15. The monoisotopic (exact) mass is 321 g/mol. The van der Waals surface area contributed by atoms with Gasteiger partial charge in [0.05, 0.1) is 18.3 Å². The predicted octanol–water partition coefficient (Wildman–Crippen LogP) is 4.49. The van der Waals surface area contributed by atoms with Crippen LogP contribution < -0.4 is 10.1 Å². The second kappa shape index (κ2) is 6.20. The van der Waals surface area contributed by atoms with Gasteiger partial charge in [-0.2, -0.15) is 13.2 Å². The van der Waals surface area contributed by atoms with E-state index in [1.54, 1.807) is 41.2 Å². The van der Waals surface area contributed by atoms with Crippen molar-refractivity contribution in [3.8, 4) is 11.5 Å². The Morgan fingerprint density at radius 2 is 1.91 bits per heavy atom. The number of benzene rings is 1. The van der Waals surface area contributed by atoms with E-state index in [1.165, 1.54) is 0 Å². The summed E-state index contributed by atoms with van der Waals surface area (Å²) in [6, 6.07) is 10.8. The van der Waals surface area contributed by atoms with Gasteiger partial charge in [-0.25, -0.2) is 4.98 Å². The van der Waals surface area contributed by atoms with Crippen LogP contribution in [0, 0.1) is 0 Å². The number of aromatic nitrogens is 2. The standard InChI is InChI=1S/C16H14F3N3O/c17-16(18,19)6-7-20-14-10-13(11-22-9-8-21-15(14)22)23-12-4-2-1-3-5-12/h1-5,8-11,20H,6-7H2. The molecule has 0 unspecified atom stereocenters. The van der Waals surface area contributed by atoms with Gasteiger partial charge in [0.15, 0.2) is 5.65 Å². The van der Waals surface area contributed by atoms with Gasteiger partial charge in [-0.1, -0.05) is 18.2 Å². The molecule has 120 valence electrons. The number of nitrogens with one attached hydrogen (secondary N) is 1. The SMILES string of the molecule is FC(F)(F)CCNc1cc(Oc2ccccc2)cn2ccnc12. The van der Waals surface area contributed by atoms with Crippen LogP contribution >= 0.6 is 0 Å². The highest BCUT2D eigenvalue weighted by atomic mass is 19.4. The molecule has 0 bridgehead atoms. The van der Waals surface area contributed by atoms with Crippen molar-refractivity contribution < 1.29 is 17.9 Å². The molecule has 3 rings (SSSR count). The molecule has 1 aromatic carbocycles. The highest BCUT2D eigenvalue weighted by Gasteiger charge is 2.26. The molecule has 4 nitrogen and oxygen atoms in total. The molecule has 0 spiro atoms. The average Bonchev–Trinajstić information content (AvgIpc) is 2.95. The summed E-state index contributed by atoms with van der Waals surface area (Å²) in [5.41, 5.74) is 1.04. The number of anilines is 1. The van der Waals surface area contributed by atoms with Gasteiger partial charge in [-0.3, -0.25) is 0 Å². The minimum Gasteiger partial charge on any atom is -0.456 e. The third-order valence-electron chi connectivity index (χ3n) is 3.17. The van der Waals surface area contributed by atoms with Crippen LogP contribution in [0.4, 0.5) is 18.9 Å². The van der Waals surface area contributed by atoms with Crippen LogP contribution in [-0.4, -0.2) is 22.1 Å². The van der Waals surface area contributed by atoms with E-state index >= 15 is 0 Å². The predicted molar refractivity (Wildman–Crippen MR) is 80.9 cm³/mol.